The number of ether oxygens (including phenoxy) is 2. The summed E-state index contributed by atoms with van der Waals surface area (Å²) in [7, 11) is 2.33. The number of benzene rings is 4. The summed E-state index contributed by atoms with van der Waals surface area (Å²) in [6.45, 7) is 0. The lowest BCUT2D eigenvalue weighted by Crippen LogP contribution is -2.13. The number of hydrogen-bond donors (Lipinski definition) is 8. The van der Waals surface area contributed by atoms with Gasteiger partial charge in [0.2, 0.25) is 11.8 Å². The number of phenolic OH excluding ortho intramolecular Hbond substituents is 2. The Morgan fingerprint density at radius 2 is 0.817 bits per heavy atom. The van der Waals surface area contributed by atoms with Gasteiger partial charge in [0, 0.05) is 12.2 Å². The lowest BCUT2D eigenvalue weighted by atomic mass is 9.98. The van der Waals surface area contributed by atoms with Crippen LogP contribution in [0, 0.1) is 0 Å². The number of rotatable bonds is 16. The van der Waals surface area contributed by atoms with Crippen LogP contribution in [0.5, 0.6) is 11.5 Å². The molecule has 8 N–H and O–H groups in total. The molecule has 312 valence electrons. The van der Waals surface area contributed by atoms with E-state index in [-0.39, 0.29) is 59.7 Å². The molecule has 0 heterocycles. The molecule has 0 aliphatic heterocycles. The average molecular weight is 827 g/mol. The Kier molecular flexibility index (Phi) is 16.8. The number of carbonyl (C=O) groups is 8. The zero-order valence-electron chi connectivity index (χ0n) is 31.8. The van der Waals surface area contributed by atoms with Crippen LogP contribution in [0.1, 0.15) is 54.1 Å². The average Bonchev–Trinajstić information content (AvgIpc) is 3.18. The maximum atomic E-state index is 12.2. The Hall–Kier alpha value is -8.28. The van der Waals surface area contributed by atoms with E-state index in [1.165, 1.54) is 87.1 Å². The number of esters is 2. The van der Waals surface area contributed by atoms with Gasteiger partial charge in [-0.15, -0.1) is 0 Å². The van der Waals surface area contributed by atoms with Gasteiger partial charge in [-0.1, -0.05) is 36.4 Å². The number of amides is 2. The number of carboxylic acid groups (broad SMARTS) is 4. The van der Waals surface area contributed by atoms with Crippen molar-refractivity contribution in [3.05, 3.63) is 129 Å². The van der Waals surface area contributed by atoms with Crippen LogP contribution >= 0.6 is 0 Å². The fourth-order valence-electron chi connectivity index (χ4n) is 5.36. The maximum absolute atomic E-state index is 12.2. The smallest absolute Gasteiger partial charge is 0.340 e. The van der Waals surface area contributed by atoms with Gasteiger partial charge in [0.15, 0.2) is 0 Å². The number of aromatic hydroxyl groups is 2. The van der Waals surface area contributed by atoms with Crippen molar-refractivity contribution in [3.8, 4) is 11.5 Å². The summed E-state index contributed by atoms with van der Waals surface area (Å²) in [4.78, 5) is 92.0. The second-order valence-corrected chi connectivity index (χ2v) is 12.4. The number of carbonyl (C=O) groups excluding carboxylic acids is 4. The summed E-state index contributed by atoms with van der Waals surface area (Å²) in [6.07, 6.45) is 3.84. The third-order valence-electron chi connectivity index (χ3n) is 8.01. The Balaban J connectivity index is 0.000000320. The Bertz CT molecular complexity index is 2220. The largest absolute Gasteiger partial charge is 0.508 e. The van der Waals surface area contributed by atoms with Crippen molar-refractivity contribution in [3.63, 3.8) is 0 Å². The van der Waals surface area contributed by atoms with Crippen LogP contribution < -0.4 is 10.6 Å². The van der Waals surface area contributed by atoms with Crippen LogP contribution in [0.25, 0.3) is 12.2 Å². The standard InChI is InChI=1S/2C21H19NO8/c2*1-30-21(29)16-11-15(23)5-6-17(16)22-18(24)7-3-12-2-4-13(9-19(25)26)14(8-12)10-20(27)28/h2*2-8,11,23H,9-10H2,1H3,(H,22,24)(H,25,26)(H,27,28)/b2*7-3+. The van der Waals surface area contributed by atoms with Gasteiger partial charge in [0.05, 0.1) is 62.4 Å². The molecule has 18 nitrogen and oxygen atoms in total. The van der Waals surface area contributed by atoms with Gasteiger partial charge in [-0.25, -0.2) is 9.59 Å². The van der Waals surface area contributed by atoms with Crippen LogP contribution in [-0.4, -0.2) is 92.5 Å². The van der Waals surface area contributed by atoms with Crippen LogP contribution in [-0.2, 0) is 63.9 Å². The van der Waals surface area contributed by atoms with E-state index in [1.54, 1.807) is 12.1 Å². The van der Waals surface area contributed by atoms with E-state index in [4.69, 9.17) is 20.4 Å². The van der Waals surface area contributed by atoms with Crippen molar-refractivity contribution < 1.29 is 78.5 Å². The number of carboxylic acids is 4. The van der Waals surface area contributed by atoms with Crippen LogP contribution in [0.2, 0.25) is 0 Å². The summed E-state index contributed by atoms with van der Waals surface area (Å²) in [5.74, 6) is -7.37. The number of phenols is 2. The van der Waals surface area contributed by atoms with Gasteiger partial charge < -0.3 is 50.7 Å². The highest BCUT2D eigenvalue weighted by Gasteiger charge is 2.17. The zero-order chi connectivity index (χ0) is 44.5. The van der Waals surface area contributed by atoms with E-state index in [0.717, 1.165) is 12.1 Å². The van der Waals surface area contributed by atoms with E-state index < -0.39 is 47.6 Å². The predicted molar refractivity (Wildman–Crippen MR) is 212 cm³/mol. The van der Waals surface area contributed by atoms with Gasteiger partial charge in [-0.3, -0.25) is 28.8 Å². The number of aliphatic carboxylic acids is 4. The van der Waals surface area contributed by atoms with Crippen molar-refractivity contribution in [2.24, 2.45) is 0 Å². The molecule has 60 heavy (non-hydrogen) atoms. The van der Waals surface area contributed by atoms with Crippen molar-refractivity contribution in [1.82, 2.24) is 0 Å². The van der Waals surface area contributed by atoms with Gasteiger partial charge in [-0.2, -0.15) is 0 Å². The van der Waals surface area contributed by atoms with E-state index in [0.29, 0.717) is 33.4 Å². The summed E-state index contributed by atoms with van der Waals surface area (Å²) in [5.41, 5.74) is 2.62. The molecule has 0 unspecified atom stereocenters. The lowest BCUT2D eigenvalue weighted by Gasteiger charge is -2.09. The van der Waals surface area contributed by atoms with Crippen molar-refractivity contribution >= 4 is 71.2 Å². The topological polar surface area (TPSA) is 300 Å². The summed E-state index contributed by atoms with van der Waals surface area (Å²) in [6, 6.07) is 16.7. The van der Waals surface area contributed by atoms with E-state index in [2.05, 4.69) is 20.1 Å². The predicted octanol–water partition coefficient (Wildman–Crippen LogP) is 4.17. The maximum Gasteiger partial charge on any atom is 0.340 e. The number of methoxy groups -OCH3 is 2. The fraction of sp³-hybridized carbons (Fsp3) is 0.143. The number of anilines is 2. The highest BCUT2D eigenvalue weighted by Crippen LogP contribution is 2.24. The second-order valence-electron chi connectivity index (χ2n) is 12.4. The first kappa shape index (κ1) is 46.1. The molecular formula is C42H38N2O16. The number of nitrogens with one attached hydrogen (secondary N) is 2. The molecular weight excluding hydrogens is 788 g/mol. The molecule has 2 amide bonds. The second kappa shape index (κ2) is 21.9. The minimum Gasteiger partial charge on any atom is -0.508 e. The first-order valence-electron chi connectivity index (χ1n) is 17.3. The molecule has 0 aromatic heterocycles. The molecule has 18 heteroatoms. The van der Waals surface area contributed by atoms with E-state index in [9.17, 15) is 48.6 Å². The molecule has 0 fully saturated rings. The molecule has 0 bridgehead atoms. The summed E-state index contributed by atoms with van der Waals surface area (Å²) >= 11 is 0. The lowest BCUT2D eigenvalue weighted by molar-refractivity contribution is -0.137. The fourth-order valence-corrected chi connectivity index (χ4v) is 5.36. The number of hydrogen-bond acceptors (Lipinski definition) is 12. The Labute approximate surface area is 340 Å². The zero-order valence-corrected chi connectivity index (χ0v) is 31.8. The highest BCUT2D eigenvalue weighted by atomic mass is 16.5. The van der Waals surface area contributed by atoms with Gasteiger partial charge in [0.25, 0.3) is 0 Å². The van der Waals surface area contributed by atoms with Gasteiger partial charge in [-0.05, 0) is 81.9 Å². The minimum absolute atomic E-state index is 0.0268. The van der Waals surface area contributed by atoms with Crippen LogP contribution in [0.15, 0.2) is 84.9 Å². The molecule has 4 rings (SSSR count). The molecule has 0 atom stereocenters. The third-order valence-corrected chi connectivity index (χ3v) is 8.01. The molecule has 0 aliphatic carbocycles. The van der Waals surface area contributed by atoms with Crippen molar-refractivity contribution in [2.75, 3.05) is 24.9 Å². The third kappa shape index (κ3) is 14.7. The molecule has 4 aromatic rings. The van der Waals surface area contributed by atoms with E-state index in [1.807, 2.05) is 0 Å². The first-order chi connectivity index (χ1) is 28.4. The summed E-state index contributed by atoms with van der Waals surface area (Å²) in [5, 5.41) is 60.0. The van der Waals surface area contributed by atoms with Crippen molar-refractivity contribution in [2.45, 2.75) is 25.7 Å². The van der Waals surface area contributed by atoms with Gasteiger partial charge in [0.1, 0.15) is 11.5 Å². The molecule has 0 spiro atoms. The summed E-state index contributed by atoms with van der Waals surface area (Å²) < 4.78 is 9.23. The molecule has 0 saturated carbocycles. The van der Waals surface area contributed by atoms with Gasteiger partial charge >= 0.3 is 35.8 Å². The van der Waals surface area contributed by atoms with E-state index >= 15 is 0 Å². The van der Waals surface area contributed by atoms with Crippen molar-refractivity contribution in [1.29, 1.82) is 0 Å². The quantitative estimate of drug-likeness (QED) is 0.0447. The highest BCUT2D eigenvalue weighted by molar-refractivity contribution is 6.07. The SMILES string of the molecule is COC(=O)c1cc(O)ccc1NC(=O)/C=C/c1ccc(CC(=O)O)c(CC(=O)O)c1.COC(=O)c1cc(O)ccc1NC(=O)/C=C/c1ccc(CC(=O)O)c(CC(=O)O)c1. The Morgan fingerprint density at radius 3 is 1.13 bits per heavy atom. The minimum atomic E-state index is -1.11. The monoisotopic (exact) mass is 826 g/mol. The van der Waals surface area contributed by atoms with Crippen LogP contribution in [0.4, 0.5) is 11.4 Å². The Morgan fingerprint density at radius 1 is 0.483 bits per heavy atom. The normalized spacial score (nSPS) is 10.6. The van der Waals surface area contributed by atoms with Crippen LogP contribution in [0.3, 0.4) is 0 Å². The molecule has 0 radical (unpaired) electrons. The molecule has 0 saturated heterocycles. The molecule has 0 aliphatic rings. The first-order valence-corrected chi connectivity index (χ1v) is 17.3. The molecule has 4 aromatic carbocycles.